The number of anilines is 1. The Morgan fingerprint density at radius 1 is 1.30 bits per heavy atom. The summed E-state index contributed by atoms with van der Waals surface area (Å²) < 4.78 is 6.95. The quantitative estimate of drug-likeness (QED) is 0.662. The van der Waals surface area contributed by atoms with Crippen LogP contribution in [0.5, 0.6) is 0 Å². The molecule has 0 N–H and O–H groups in total. The van der Waals surface area contributed by atoms with Gasteiger partial charge in [-0.15, -0.1) is 22.7 Å². The van der Waals surface area contributed by atoms with E-state index in [1.807, 2.05) is 4.90 Å². The van der Waals surface area contributed by atoms with Crippen LogP contribution in [-0.2, 0) is 22.5 Å². The highest BCUT2D eigenvalue weighted by Gasteiger charge is 2.33. The van der Waals surface area contributed by atoms with Gasteiger partial charge in [0.1, 0.15) is 12.1 Å². The second-order valence-corrected chi connectivity index (χ2v) is 8.86. The minimum Gasteiger partial charge on any atom is -0.365 e. The van der Waals surface area contributed by atoms with Crippen molar-refractivity contribution in [3.8, 4) is 0 Å². The highest BCUT2D eigenvalue weighted by atomic mass is 32.1. The van der Waals surface area contributed by atoms with Gasteiger partial charge in [-0.2, -0.15) is 0 Å². The van der Waals surface area contributed by atoms with E-state index in [4.69, 9.17) is 4.74 Å². The maximum Gasteiger partial charge on any atom is 0.253 e. The van der Waals surface area contributed by atoms with E-state index in [0.29, 0.717) is 19.7 Å². The van der Waals surface area contributed by atoms with Gasteiger partial charge in [0.2, 0.25) is 0 Å². The molecule has 0 saturated carbocycles. The Morgan fingerprint density at radius 3 is 3.15 bits per heavy atom. The molecule has 1 unspecified atom stereocenters. The first-order valence-electron chi connectivity index (χ1n) is 9.10. The molecule has 0 bridgehead atoms. The van der Waals surface area contributed by atoms with Crippen LogP contribution in [0.3, 0.4) is 0 Å². The Balaban J connectivity index is 1.35. The fraction of sp³-hybridized carbons (Fsp3) is 0.421. The van der Waals surface area contributed by atoms with Gasteiger partial charge in [-0.25, -0.2) is 9.97 Å². The fourth-order valence-electron chi connectivity index (χ4n) is 3.81. The second kappa shape index (κ2) is 6.85. The molecule has 27 heavy (non-hydrogen) atoms. The van der Waals surface area contributed by atoms with Gasteiger partial charge in [0.25, 0.3) is 5.91 Å². The van der Waals surface area contributed by atoms with Gasteiger partial charge >= 0.3 is 0 Å². The summed E-state index contributed by atoms with van der Waals surface area (Å²) in [6.45, 7) is 5.34. The number of hydrogen-bond donors (Lipinski definition) is 0. The Hall–Kier alpha value is -2.03. The highest BCUT2D eigenvalue weighted by Crippen LogP contribution is 2.32. The summed E-state index contributed by atoms with van der Waals surface area (Å²) in [5.74, 6) is 1.00. The number of morpholine rings is 1. The van der Waals surface area contributed by atoms with Crippen molar-refractivity contribution in [1.82, 2.24) is 14.9 Å². The maximum absolute atomic E-state index is 13.1. The molecule has 0 aliphatic carbocycles. The van der Waals surface area contributed by atoms with E-state index in [9.17, 15) is 4.79 Å². The number of fused-ring (bicyclic) bond motifs is 2. The Kier molecular flexibility index (Phi) is 4.34. The molecule has 2 aliphatic rings. The van der Waals surface area contributed by atoms with Crippen LogP contribution in [0.25, 0.3) is 10.2 Å². The molecule has 1 saturated heterocycles. The van der Waals surface area contributed by atoms with E-state index in [2.05, 4.69) is 38.6 Å². The van der Waals surface area contributed by atoms with E-state index in [1.54, 1.807) is 29.0 Å². The van der Waals surface area contributed by atoms with E-state index < -0.39 is 6.10 Å². The van der Waals surface area contributed by atoms with Crippen LogP contribution in [0.2, 0.25) is 0 Å². The summed E-state index contributed by atoms with van der Waals surface area (Å²) in [7, 11) is 0. The number of thiophene rings is 2. The molecule has 1 amide bonds. The number of ether oxygens (including phenoxy) is 1. The first-order chi connectivity index (χ1) is 13.2. The zero-order chi connectivity index (χ0) is 18.4. The van der Waals surface area contributed by atoms with Crippen LogP contribution < -0.4 is 4.90 Å². The van der Waals surface area contributed by atoms with Crippen molar-refractivity contribution in [2.75, 3.05) is 31.1 Å². The average Bonchev–Trinajstić information content (AvgIpc) is 3.33. The van der Waals surface area contributed by atoms with E-state index >= 15 is 0 Å². The third-order valence-electron chi connectivity index (χ3n) is 5.27. The highest BCUT2D eigenvalue weighted by molar-refractivity contribution is 7.18. The second-order valence-electron chi connectivity index (χ2n) is 6.98. The van der Waals surface area contributed by atoms with Crippen LogP contribution in [-0.4, -0.2) is 53.1 Å². The number of aryl methyl sites for hydroxylation is 1. The maximum atomic E-state index is 13.1. The van der Waals surface area contributed by atoms with Crippen LogP contribution >= 0.6 is 22.7 Å². The lowest BCUT2D eigenvalue weighted by Crippen LogP contribution is -2.52. The SMILES string of the molecule is Cc1csc2c(N3CCOC(C(=O)N4CCc5sccc5C4)C3)ncnc12. The third kappa shape index (κ3) is 3.01. The molecule has 0 aromatic carbocycles. The van der Waals surface area contributed by atoms with Crippen LogP contribution in [0, 0.1) is 6.92 Å². The van der Waals surface area contributed by atoms with Gasteiger partial charge in [-0.1, -0.05) is 0 Å². The normalized spacial score (nSPS) is 20.1. The molecule has 3 aromatic heterocycles. The molecular weight excluding hydrogens is 380 g/mol. The zero-order valence-corrected chi connectivity index (χ0v) is 16.7. The summed E-state index contributed by atoms with van der Waals surface area (Å²) in [5.41, 5.74) is 3.44. The average molecular weight is 401 g/mol. The van der Waals surface area contributed by atoms with Gasteiger partial charge in [-0.3, -0.25) is 4.79 Å². The molecule has 2 aliphatic heterocycles. The summed E-state index contributed by atoms with van der Waals surface area (Å²) in [6, 6.07) is 2.13. The number of amides is 1. The Morgan fingerprint density at radius 2 is 2.22 bits per heavy atom. The fourth-order valence-corrected chi connectivity index (χ4v) is 5.72. The summed E-state index contributed by atoms with van der Waals surface area (Å²) in [5, 5.41) is 4.22. The molecule has 140 valence electrons. The number of carbonyl (C=O) groups excluding carboxylic acids is 1. The first kappa shape index (κ1) is 17.1. The number of hydrogen-bond acceptors (Lipinski definition) is 7. The van der Waals surface area contributed by atoms with Crippen molar-refractivity contribution in [2.45, 2.75) is 26.0 Å². The molecule has 8 heteroatoms. The molecule has 6 nitrogen and oxygen atoms in total. The van der Waals surface area contributed by atoms with Crippen LogP contribution in [0.15, 0.2) is 23.2 Å². The van der Waals surface area contributed by atoms with Gasteiger partial charge in [0.15, 0.2) is 6.10 Å². The topological polar surface area (TPSA) is 58.6 Å². The number of rotatable bonds is 2. The van der Waals surface area contributed by atoms with Crippen molar-refractivity contribution in [2.24, 2.45) is 0 Å². The third-order valence-corrected chi connectivity index (χ3v) is 7.38. The molecule has 1 fully saturated rings. The lowest BCUT2D eigenvalue weighted by atomic mass is 10.1. The molecule has 5 rings (SSSR count). The van der Waals surface area contributed by atoms with E-state index in [-0.39, 0.29) is 5.91 Å². The van der Waals surface area contributed by atoms with Crippen molar-refractivity contribution in [1.29, 1.82) is 0 Å². The molecule has 0 radical (unpaired) electrons. The first-order valence-corrected chi connectivity index (χ1v) is 10.9. The molecular formula is C19H20N4O2S2. The smallest absolute Gasteiger partial charge is 0.253 e. The van der Waals surface area contributed by atoms with Gasteiger partial charge < -0.3 is 14.5 Å². The lowest BCUT2D eigenvalue weighted by Gasteiger charge is -2.36. The number of nitrogens with zero attached hydrogens (tertiary/aromatic N) is 4. The van der Waals surface area contributed by atoms with Crippen molar-refractivity contribution in [3.05, 3.63) is 39.2 Å². The van der Waals surface area contributed by atoms with Crippen LogP contribution in [0.4, 0.5) is 5.82 Å². The van der Waals surface area contributed by atoms with Crippen molar-refractivity contribution >= 4 is 44.6 Å². The Bertz CT molecular complexity index is 999. The largest absolute Gasteiger partial charge is 0.365 e. The minimum absolute atomic E-state index is 0.0872. The molecule has 3 aromatic rings. The summed E-state index contributed by atoms with van der Waals surface area (Å²) >= 11 is 3.45. The molecule has 5 heterocycles. The van der Waals surface area contributed by atoms with E-state index in [0.717, 1.165) is 35.5 Å². The lowest BCUT2D eigenvalue weighted by molar-refractivity contribution is -0.145. The predicted molar refractivity (Wildman–Crippen MR) is 108 cm³/mol. The van der Waals surface area contributed by atoms with Gasteiger partial charge in [-0.05, 0) is 41.3 Å². The van der Waals surface area contributed by atoms with Crippen LogP contribution in [0.1, 0.15) is 16.0 Å². The van der Waals surface area contributed by atoms with Gasteiger partial charge in [0, 0.05) is 24.5 Å². The van der Waals surface area contributed by atoms with Crippen molar-refractivity contribution in [3.63, 3.8) is 0 Å². The number of carbonyl (C=O) groups is 1. The van der Waals surface area contributed by atoms with Gasteiger partial charge in [0.05, 0.1) is 23.4 Å². The predicted octanol–water partition coefficient (Wildman–Crippen LogP) is 2.85. The monoisotopic (exact) mass is 400 g/mol. The van der Waals surface area contributed by atoms with Crippen molar-refractivity contribution < 1.29 is 9.53 Å². The molecule has 1 atom stereocenters. The standard InChI is InChI=1S/C19H20N4O2S2/c1-12-10-27-17-16(12)20-11-21-18(17)22-5-6-25-14(9-22)19(24)23-4-2-15-13(8-23)3-7-26-15/h3,7,10-11,14H,2,4-6,8-9H2,1H3. The minimum atomic E-state index is -0.440. The number of aromatic nitrogens is 2. The Labute approximate surface area is 165 Å². The zero-order valence-electron chi connectivity index (χ0n) is 15.1. The summed E-state index contributed by atoms with van der Waals surface area (Å²) in [4.78, 5) is 27.5. The van der Waals surface area contributed by atoms with E-state index in [1.165, 1.54) is 16.0 Å². The summed E-state index contributed by atoms with van der Waals surface area (Å²) in [6.07, 6.45) is 2.12. The molecule has 0 spiro atoms.